The topological polar surface area (TPSA) is 60.7 Å². The molecule has 0 aliphatic heterocycles. The van der Waals surface area contributed by atoms with E-state index in [1.165, 1.54) is 0 Å². The minimum Gasteiger partial charge on any atom is -0.396 e. The maximum atomic E-state index is 13.4. The number of hydrogen-bond donors (Lipinski definition) is 3. The van der Waals surface area contributed by atoms with E-state index >= 15 is 0 Å². The summed E-state index contributed by atoms with van der Waals surface area (Å²) < 4.78 is 40.3. The highest BCUT2D eigenvalue weighted by molar-refractivity contribution is 5.13. The molecule has 0 bridgehead atoms. The standard InChI is InChI=1S/C22H35F3O3/c1-19-8-9-21(28,22(23,24)25)11-14(19)3-5-15-16-6-4-13(7-10-26)20(16,2)12-17(27)18(15)19/h13-18,26-28H,3-12H2,1-2H3/t13-,14?,15?,16?,17?,18?,19+,20-,21+/m1/s1. The summed E-state index contributed by atoms with van der Waals surface area (Å²) in [6.07, 6.45) is -0.0451. The van der Waals surface area contributed by atoms with Crippen LogP contribution < -0.4 is 0 Å². The summed E-state index contributed by atoms with van der Waals surface area (Å²) in [5.41, 5.74) is -2.89. The molecule has 0 saturated heterocycles. The minimum atomic E-state index is -4.59. The van der Waals surface area contributed by atoms with Gasteiger partial charge in [-0.15, -0.1) is 0 Å². The summed E-state index contributed by atoms with van der Waals surface area (Å²) in [7, 11) is 0. The predicted molar refractivity (Wildman–Crippen MR) is 99.3 cm³/mol. The third kappa shape index (κ3) is 2.80. The summed E-state index contributed by atoms with van der Waals surface area (Å²) in [5.74, 6) is 1.08. The molecule has 28 heavy (non-hydrogen) atoms. The second kappa shape index (κ2) is 6.58. The molecular formula is C22H35F3O3. The molecule has 0 aromatic carbocycles. The van der Waals surface area contributed by atoms with Crippen LogP contribution >= 0.6 is 0 Å². The summed E-state index contributed by atoms with van der Waals surface area (Å²) in [6.45, 7) is 4.52. The fourth-order valence-corrected chi connectivity index (χ4v) is 8.36. The van der Waals surface area contributed by atoms with Crippen molar-refractivity contribution in [3.8, 4) is 0 Å². The van der Waals surface area contributed by atoms with Crippen LogP contribution in [-0.4, -0.2) is 39.8 Å². The monoisotopic (exact) mass is 404 g/mol. The summed E-state index contributed by atoms with van der Waals surface area (Å²) in [5, 5.41) is 31.0. The Morgan fingerprint density at radius 1 is 0.964 bits per heavy atom. The molecule has 9 atom stereocenters. The lowest BCUT2D eigenvalue weighted by Crippen LogP contribution is -2.62. The van der Waals surface area contributed by atoms with Gasteiger partial charge in [-0.1, -0.05) is 13.8 Å². The SMILES string of the molecule is C[C@]12CC[C@@](O)(C(F)(F)F)CC1CCC1C2C(O)C[C@@]2(C)C1CC[C@@H]2CCO. The maximum absolute atomic E-state index is 13.4. The average Bonchev–Trinajstić information content (AvgIpc) is 2.91. The van der Waals surface area contributed by atoms with Crippen LogP contribution in [0, 0.1) is 40.4 Å². The minimum absolute atomic E-state index is 0.0217. The summed E-state index contributed by atoms with van der Waals surface area (Å²) >= 11 is 0. The van der Waals surface area contributed by atoms with Crippen LogP contribution in [0.15, 0.2) is 0 Å². The highest BCUT2D eigenvalue weighted by Gasteiger charge is 2.66. The molecule has 0 spiro atoms. The van der Waals surface area contributed by atoms with E-state index in [4.69, 9.17) is 0 Å². The number of aliphatic hydroxyl groups is 3. The fraction of sp³-hybridized carbons (Fsp3) is 1.00. The van der Waals surface area contributed by atoms with Gasteiger partial charge in [0, 0.05) is 6.61 Å². The van der Waals surface area contributed by atoms with Gasteiger partial charge in [0.15, 0.2) is 5.60 Å². The number of alkyl halides is 3. The third-order valence-corrected chi connectivity index (χ3v) is 9.86. The van der Waals surface area contributed by atoms with Crippen LogP contribution in [0.2, 0.25) is 0 Å². The number of rotatable bonds is 2. The summed E-state index contributed by atoms with van der Waals surface area (Å²) in [6, 6.07) is 0. The maximum Gasteiger partial charge on any atom is 0.417 e. The van der Waals surface area contributed by atoms with Gasteiger partial charge in [-0.05, 0) is 98.2 Å². The normalized spacial score (nSPS) is 54.0. The first-order valence-electron chi connectivity index (χ1n) is 11.0. The Kier molecular flexibility index (Phi) is 4.92. The van der Waals surface area contributed by atoms with E-state index < -0.39 is 17.9 Å². The van der Waals surface area contributed by atoms with Crippen molar-refractivity contribution in [2.45, 2.75) is 89.5 Å². The molecule has 0 amide bonds. The van der Waals surface area contributed by atoms with Crippen molar-refractivity contribution in [2.24, 2.45) is 40.4 Å². The first-order valence-corrected chi connectivity index (χ1v) is 11.0. The highest BCUT2D eigenvalue weighted by Crippen LogP contribution is 2.68. The molecule has 4 aliphatic rings. The number of halogens is 3. The third-order valence-electron chi connectivity index (χ3n) is 9.86. The van der Waals surface area contributed by atoms with E-state index in [1.807, 2.05) is 0 Å². The highest BCUT2D eigenvalue weighted by atomic mass is 19.4. The van der Waals surface area contributed by atoms with Crippen molar-refractivity contribution >= 4 is 0 Å². The Bertz CT molecular complexity index is 610. The summed E-state index contributed by atoms with van der Waals surface area (Å²) in [4.78, 5) is 0. The van der Waals surface area contributed by atoms with Crippen LogP contribution in [0.3, 0.4) is 0 Å². The van der Waals surface area contributed by atoms with Crippen LogP contribution in [0.4, 0.5) is 13.2 Å². The first-order chi connectivity index (χ1) is 13.0. The lowest BCUT2D eigenvalue weighted by atomic mass is 9.43. The van der Waals surface area contributed by atoms with E-state index in [0.717, 1.165) is 25.7 Å². The molecule has 5 unspecified atom stereocenters. The molecule has 0 heterocycles. The van der Waals surface area contributed by atoms with E-state index in [1.54, 1.807) is 0 Å². The van der Waals surface area contributed by atoms with Crippen molar-refractivity contribution in [2.75, 3.05) is 6.61 Å². The van der Waals surface area contributed by atoms with Gasteiger partial charge in [-0.25, -0.2) is 0 Å². The second-order valence-electron chi connectivity index (χ2n) is 10.9. The molecule has 0 radical (unpaired) electrons. The molecule has 3 nitrogen and oxygen atoms in total. The quantitative estimate of drug-likeness (QED) is 0.643. The van der Waals surface area contributed by atoms with Crippen LogP contribution in [0.1, 0.15) is 71.6 Å². The Balaban J connectivity index is 1.61. The zero-order chi connectivity index (χ0) is 20.5. The van der Waals surface area contributed by atoms with Gasteiger partial charge in [-0.3, -0.25) is 0 Å². The van der Waals surface area contributed by atoms with E-state index in [2.05, 4.69) is 13.8 Å². The van der Waals surface area contributed by atoms with Gasteiger partial charge in [0.1, 0.15) is 0 Å². The smallest absolute Gasteiger partial charge is 0.396 e. The molecule has 4 aliphatic carbocycles. The van der Waals surface area contributed by atoms with Crippen molar-refractivity contribution in [1.82, 2.24) is 0 Å². The zero-order valence-corrected chi connectivity index (χ0v) is 17.0. The van der Waals surface area contributed by atoms with Crippen LogP contribution in [0.25, 0.3) is 0 Å². The van der Waals surface area contributed by atoms with Gasteiger partial charge in [-0.2, -0.15) is 13.2 Å². The largest absolute Gasteiger partial charge is 0.417 e. The number of fused-ring (bicyclic) bond motifs is 5. The number of aliphatic hydroxyl groups excluding tert-OH is 2. The first kappa shape index (κ1) is 20.9. The molecule has 162 valence electrons. The predicted octanol–water partition coefficient (Wildman–Crippen LogP) is 4.29. The van der Waals surface area contributed by atoms with Gasteiger partial charge >= 0.3 is 6.18 Å². The fourth-order valence-electron chi connectivity index (χ4n) is 8.36. The molecule has 4 fully saturated rings. The second-order valence-corrected chi connectivity index (χ2v) is 10.9. The van der Waals surface area contributed by atoms with E-state index in [0.29, 0.717) is 37.0 Å². The van der Waals surface area contributed by atoms with Gasteiger partial charge in [0.2, 0.25) is 0 Å². The van der Waals surface area contributed by atoms with Gasteiger partial charge in [0.05, 0.1) is 6.10 Å². The molecule has 4 rings (SSSR count). The van der Waals surface area contributed by atoms with E-state index in [9.17, 15) is 28.5 Å². The Morgan fingerprint density at radius 3 is 2.32 bits per heavy atom. The van der Waals surface area contributed by atoms with Crippen molar-refractivity contribution in [1.29, 1.82) is 0 Å². The molecule has 4 saturated carbocycles. The Labute approximate surface area is 165 Å². The Morgan fingerprint density at radius 2 is 1.68 bits per heavy atom. The Hall–Kier alpha value is -0.330. The van der Waals surface area contributed by atoms with E-state index in [-0.39, 0.29) is 42.1 Å². The number of hydrogen-bond acceptors (Lipinski definition) is 3. The lowest BCUT2D eigenvalue weighted by molar-refractivity contribution is -0.293. The average molecular weight is 405 g/mol. The molecule has 0 aromatic heterocycles. The molecule has 3 N–H and O–H groups in total. The van der Waals surface area contributed by atoms with Gasteiger partial charge in [0.25, 0.3) is 0 Å². The molecule has 6 heteroatoms. The lowest BCUT2D eigenvalue weighted by Gasteiger charge is -2.63. The van der Waals surface area contributed by atoms with Gasteiger partial charge < -0.3 is 15.3 Å². The van der Waals surface area contributed by atoms with Crippen molar-refractivity contribution in [3.63, 3.8) is 0 Å². The van der Waals surface area contributed by atoms with Crippen molar-refractivity contribution < 1.29 is 28.5 Å². The van der Waals surface area contributed by atoms with Crippen molar-refractivity contribution in [3.05, 3.63) is 0 Å². The van der Waals surface area contributed by atoms with Crippen LogP contribution in [-0.2, 0) is 0 Å². The molecule has 0 aromatic rings. The zero-order valence-electron chi connectivity index (χ0n) is 17.0. The molecular weight excluding hydrogens is 369 g/mol. The van der Waals surface area contributed by atoms with Crippen LogP contribution in [0.5, 0.6) is 0 Å².